The Balaban J connectivity index is 1.89. The molecular formula is C40H52O2. The predicted molar refractivity (Wildman–Crippen MR) is 182 cm³/mol. The minimum absolute atomic E-state index is 0.0444. The maximum Gasteiger partial charge on any atom is 0.156 e. The van der Waals surface area contributed by atoms with Gasteiger partial charge in [-0.1, -0.05) is 146 Å². The molecule has 0 bridgehead atoms. The number of carbonyl (C=O) groups is 2. The lowest BCUT2D eigenvalue weighted by Gasteiger charge is -2.35. The van der Waals surface area contributed by atoms with Gasteiger partial charge >= 0.3 is 0 Å². The van der Waals surface area contributed by atoms with Crippen molar-refractivity contribution >= 4 is 11.6 Å². The lowest BCUT2D eigenvalue weighted by atomic mass is 9.68. The van der Waals surface area contributed by atoms with Crippen molar-refractivity contribution < 1.29 is 9.59 Å². The van der Waals surface area contributed by atoms with E-state index in [9.17, 15) is 9.59 Å². The molecule has 0 saturated heterocycles. The van der Waals surface area contributed by atoms with Gasteiger partial charge in [0.15, 0.2) is 11.6 Å². The summed E-state index contributed by atoms with van der Waals surface area (Å²) >= 11 is 0. The third kappa shape index (κ3) is 11.4. The van der Waals surface area contributed by atoms with Crippen LogP contribution in [-0.2, 0) is 9.59 Å². The van der Waals surface area contributed by atoms with Crippen LogP contribution in [0.2, 0.25) is 0 Å². The number of hydrogen-bond donors (Lipinski definition) is 0. The van der Waals surface area contributed by atoms with Crippen LogP contribution in [0.4, 0.5) is 0 Å². The van der Waals surface area contributed by atoms with E-state index >= 15 is 0 Å². The van der Waals surface area contributed by atoms with Crippen LogP contribution in [0, 0.1) is 22.7 Å². The molecule has 2 aliphatic rings. The van der Waals surface area contributed by atoms with E-state index in [1.165, 1.54) is 22.3 Å². The fourth-order valence-electron chi connectivity index (χ4n) is 5.80. The van der Waals surface area contributed by atoms with Crippen LogP contribution in [0.25, 0.3) is 0 Å². The molecule has 0 fully saturated rings. The molecule has 0 saturated carbocycles. The Hall–Kier alpha value is -3.52. The average molecular weight is 565 g/mol. The van der Waals surface area contributed by atoms with E-state index in [1.54, 1.807) is 12.2 Å². The molecule has 0 N–H and O–H groups in total. The first-order valence-electron chi connectivity index (χ1n) is 15.1. The normalized spacial score (nSPS) is 24.6. The fourth-order valence-corrected chi connectivity index (χ4v) is 5.80. The number of carbonyl (C=O) groups excluding carboxylic acids is 2. The zero-order valence-electron chi connectivity index (χ0n) is 27.6. The summed E-state index contributed by atoms with van der Waals surface area (Å²) in [6.07, 6.45) is 34.5. The Morgan fingerprint density at radius 2 is 0.881 bits per heavy atom. The van der Waals surface area contributed by atoms with Gasteiger partial charge in [0.1, 0.15) is 0 Å². The molecule has 2 heteroatoms. The second-order valence-electron chi connectivity index (χ2n) is 13.5. The summed E-state index contributed by atoms with van der Waals surface area (Å²) in [5.41, 5.74) is 6.91. The van der Waals surface area contributed by atoms with Crippen molar-refractivity contribution in [3.8, 4) is 0 Å². The van der Waals surface area contributed by atoms with Crippen molar-refractivity contribution in [1.29, 1.82) is 0 Å². The summed E-state index contributed by atoms with van der Waals surface area (Å²) in [4.78, 5) is 23.8. The van der Waals surface area contributed by atoms with Gasteiger partial charge in [-0.05, 0) is 64.5 Å². The Morgan fingerprint density at radius 1 is 0.571 bits per heavy atom. The highest BCUT2D eigenvalue weighted by Crippen LogP contribution is 2.41. The molecule has 0 spiro atoms. The van der Waals surface area contributed by atoms with Crippen molar-refractivity contribution in [2.24, 2.45) is 22.7 Å². The average Bonchev–Trinajstić information content (AvgIpc) is 2.84. The van der Waals surface area contributed by atoms with Crippen LogP contribution in [0.1, 0.15) is 82.1 Å². The number of ketones is 2. The van der Waals surface area contributed by atoms with Crippen molar-refractivity contribution in [2.45, 2.75) is 82.1 Å². The lowest BCUT2D eigenvalue weighted by Crippen LogP contribution is -2.30. The summed E-state index contributed by atoms with van der Waals surface area (Å²) < 4.78 is 0. The van der Waals surface area contributed by atoms with E-state index in [1.807, 2.05) is 0 Å². The molecule has 2 rings (SSSR count). The quantitative estimate of drug-likeness (QED) is 0.247. The van der Waals surface area contributed by atoms with E-state index in [-0.39, 0.29) is 34.2 Å². The molecule has 224 valence electrons. The van der Waals surface area contributed by atoms with Gasteiger partial charge in [0.25, 0.3) is 0 Å². The largest absolute Gasteiger partial charge is 0.295 e. The van der Waals surface area contributed by atoms with Crippen LogP contribution in [0.15, 0.2) is 131 Å². The van der Waals surface area contributed by atoms with Crippen molar-refractivity contribution in [3.63, 3.8) is 0 Å². The van der Waals surface area contributed by atoms with Crippen LogP contribution in [-0.4, -0.2) is 11.6 Å². The van der Waals surface area contributed by atoms with Crippen molar-refractivity contribution in [1.82, 2.24) is 0 Å². The van der Waals surface area contributed by atoms with Gasteiger partial charge in [-0.2, -0.15) is 0 Å². The Kier molecular flexibility index (Phi) is 12.9. The molecule has 0 aromatic heterocycles. The Labute approximate surface area is 256 Å². The van der Waals surface area contributed by atoms with Gasteiger partial charge in [-0.3, -0.25) is 9.59 Å². The van der Waals surface area contributed by atoms with E-state index in [2.05, 4.69) is 154 Å². The van der Waals surface area contributed by atoms with Crippen LogP contribution < -0.4 is 0 Å². The number of allylic oxidation sites excluding steroid dienone is 22. The number of hydrogen-bond acceptors (Lipinski definition) is 2. The van der Waals surface area contributed by atoms with Crippen molar-refractivity contribution in [2.75, 3.05) is 0 Å². The van der Waals surface area contributed by atoms with Gasteiger partial charge < -0.3 is 0 Å². The summed E-state index contributed by atoms with van der Waals surface area (Å²) in [5, 5.41) is 0. The first kappa shape index (κ1) is 34.7. The lowest BCUT2D eigenvalue weighted by molar-refractivity contribution is -0.118. The predicted octanol–water partition coefficient (Wildman–Crippen LogP) is 10.7. The maximum absolute atomic E-state index is 11.9. The zero-order chi connectivity index (χ0) is 31.5. The standard InChI is InChI=1S/C40H52O2/c1-29(17-13-19-31(3)21-23-37-33(5)25-35(41)27-39(37,7)8)15-11-12-16-30(2)18-14-20-32(4)22-24-38-34(6)26-36(42)28-40(38,9)10/h11-26,37-38H,27-28H2,1-10H3/b12-11+,17-13+,18-14+,23-21-,24-22+,29-15-,30-16+,31-19+,32-20-. The molecule has 42 heavy (non-hydrogen) atoms. The van der Waals surface area contributed by atoms with Gasteiger partial charge in [-0.25, -0.2) is 0 Å². The fraction of sp³-hybridized carbons (Fsp3) is 0.400. The van der Waals surface area contributed by atoms with Crippen molar-refractivity contribution in [3.05, 3.63) is 131 Å². The van der Waals surface area contributed by atoms with Crippen LogP contribution in [0.3, 0.4) is 0 Å². The highest BCUT2D eigenvalue weighted by molar-refractivity contribution is 5.92. The van der Waals surface area contributed by atoms with Gasteiger partial charge in [0.2, 0.25) is 0 Å². The third-order valence-electron chi connectivity index (χ3n) is 8.07. The molecular weight excluding hydrogens is 512 g/mol. The Bertz CT molecular complexity index is 1250. The monoisotopic (exact) mass is 564 g/mol. The molecule has 0 amide bonds. The second-order valence-corrected chi connectivity index (χ2v) is 13.5. The minimum atomic E-state index is -0.0444. The number of rotatable bonds is 10. The summed E-state index contributed by atoms with van der Waals surface area (Å²) in [6.45, 7) is 21.2. The molecule has 2 unspecified atom stereocenters. The summed E-state index contributed by atoms with van der Waals surface area (Å²) in [5.74, 6) is 1.03. The second kappa shape index (κ2) is 15.6. The third-order valence-corrected chi connectivity index (χ3v) is 8.07. The van der Waals surface area contributed by atoms with E-state index in [0.29, 0.717) is 12.8 Å². The molecule has 0 radical (unpaired) electrons. The maximum atomic E-state index is 11.9. The van der Waals surface area contributed by atoms with Gasteiger partial charge in [0, 0.05) is 24.7 Å². The molecule has 0 aromatic carbocycles. The first-order valence-corrected chi connectivity index (χ1v) is 15.1. The molecule has 0 aliphatic heterocycles. The van der Waals surface area contributed by atoms with Gasteiger partial charge in [-0.15, -0.1) is 0 Å². The summed E-state index contributed by atoms with van der Waals surface area (Å²) in [6, 6.07) is 0. The smallest absolute Gasteiger partial charge is 0.156 e. The molecule has 2 atom stereocenters. The van der Waals surface area contributed by atoms with Gasteiger partial charge in [0.05, 0.1) is 0 Å². The first-order chi connectivity index (χ1) is 19.6. The molecule has 0 aromatic rings. The molecule has 2 aliphatic carbocycles. The van der Waals surface area contributed by atoms with Crippen LogP contribution >= 0.6 is 0 Å². The molecule has 2 nitrogen and oxygen atoms in total. The highest BCUT2D eigenvalue weighted by Gasteiger charge is 2.35. The topological polar surface area (TPSA) is 34.1 Å². The zero-order valence-corrected chi connectivity index (χ0v) is 27.6. The Morgan fingerprint density at radius 3 is 1.21 bits per heavy atom. The minimum Gasteiger partial charge on any atom is -0.295 e. The highest BCUT2D eigenvalue weighted by atomic mass is 16.1. The summed E-state index contributed by atoms with van der Waals surface area (Å²) in [7, 11) is 0. The van der Waals surface area contributed by atoms with Crippen LogP contribution in [0.5, 0.6) is 0 Å². The molecule has 0 heterocycles. The SMILES string of the molecule is CC1=CC(=O)CC(C)(C)C1\C=C/C(C)=C/C=C/C(C)=C\C=C\C=C(C)\C=C\C=C(C)/C=C/C1C(C)=CC(=O)CC1(C)C. The van der Waals surface area contributed by atoms with E-state index < -0.39 is 0 Å². The van der Waals surface area contributed by atoms with E-state index in [4.69, 9.17) is 0 Å². The van der Waals surface area contributed by atoms with E-state index in [0.717, 1.165) is 11.1 Å².